The maximum Gasteiger partial charge on any atom is 0.308 e. The highest BCUT2D eigenvalue weighted by atomic mass is 79.9. The third-order valence-electron chi connectivity index (χ3n) is 3.33. The topological polar surface area (TPSA) is 64.8 Å². The number of esters is 1. The Balaban J connectivity index is 2.10. The number of thiocarbonyl (C=S) groups is 1. The monoisotopic (exact) mass is 372 g/mol. The summed E-state index contributed by atoms with van der Waals surface area (Å²) in [6.45, 7) is 1.98. The summed E-state index contributed by atoms with van der Waals surface area (Å²) in [5.74, 6) is -0.259. The van der Waals surface area contributed by atoms with Crippen LogP contribution in [-0.4, -0.2) is 43.9 Å². The van der Waals surface area contributed by atoms with Crippen molar-refractivity contribution in [3.8, 4) is 0 Å². The molecule has 7 heteroatoms. The van der Waals surface area contributed by atoms with Gasteiger partial charge < -0.3 is 20.1 Å². The molecule has 21 heavy (non-hydrogen) atoms. The molecule has 1 unspecified atom stereocenters. The van der Waals surface area contributed by atoms with Gasteiger partial charge in [0.25, 0.3) is 0 Å². The summed E-state index contributed by atoms with van der Waals surface area (Å²) in [7, 11) is 1.38. The van der Waals surface area contributed by atoms with Crippen LogP contribution in [0.4, 0.5) is 5.69 Å². The van der Waals surface area contributed by atoms with E-state index in [-0.39, 0.29) is 18.5 Å². The van der Waals surface area contributed by atoms with E-state index < -0.39 is 0 Å². The van der Waals surface area contributed by atoms with E-state index in [1.54, 1.807) is 0 Å². The molecule has 0 saturated carbocycles. The molecule has 2 N–H and O–H groups in total. The second kappa shape index (κ2) is 7.20. The highest BCUT2D eigenvalue weighted by molar-refractivity contribution is 9.10. The summed E-state index contributed by atoms with van der Waals surface area (Å²) in [5, 5.41) is 0. The third-order valence-corrected chi connectivity index (χ3v) is 4.20. The van der Waals surface area contributed by atoms with Crippen LogP contribution in [0, 0.1) is 0 Å². The zero-order chi connectivity index (χ0) is 15.4. The van der Waals surface area contributed by atoms with Crippen LogP contribution in [0.1, 0.15) is 12.0 Å². The summed E-state index contributed by atoms with van der Waals surface area (Å²) < 4.78 is 11.2. The van der Waals surface area contributed by atoms with Gasteiger partial charge in [0.2, 0.25) is 0 Å². The summed E-state index contributed by atoms with van der Waals surface area (Å²) in [4.78, 5) is 13.9. The molecule has 0 aromatic heterocycles. The number of nitrogens with two attached hydrogens (primary N) is 1. The first-order chi connectivity index (χ1) is 10.0. The number of nitrogens with zero attached hydrogens (tertiary/aromatic N) is 1. The number of halogens is 1. The van der Waals surface area contributed by atoms with Gasteiger partial charge in [0.15, 0.2) is 0 Å². The highest BCUT2D eigenvalue weighted by Crippen LogP contribution is 2.29. The van der Waals surface area contributed by atoms with Crippen molar-refractivity contribution in [1.82, 2.24) is 0 Å². The summed E-state index contributed by atoms with van der Waals surface area (Å²) in [6, 6.07) is 5.77. The number of methoxy groups -OCH3 is 1. The fourth-order valence-corrected chi connectivity index (χ4v) is 3.00. The molecule has 0 bridgehead atoms. The van der Waals surface area contributed by atoms with Gasteiger partial charge in [-0.25, -0.2) is 0 Å². The Labute approximate surface area is 137 Å². The largest absolute Gasteiger partial charge is 0.469 e. The lowest BCUT2D eigenvalue weighted by Crippen LogP contribution is -2.43. The number of carbonyl (C=O) groups is 1. The lowest BCUT2D eigenvalue weighted by Gasteiger charge is -2.34. The number of carbonyl (C=O) groups excluding carboxylic acids is 1. The van der Waals surface area contributed by atoms with Gasteiger partial charge in [0.1, 0.15) is 4.99 Å². The summed E-state index contributed by atoms with van der Waals surface area (Å²) in [5.41, 5.74) is 7.48. The van der Waals surface area contributed by atoms with Crippen molar-refractivity contribution in [1.29, 1.82) is 0 Å². The number of hydrogen-bond acceptors (Lipinski definition) is 5. The third kappa shape index (κ3) is 4.15. The minimum absolute atomic E-state index is 0.159. The van der Waals surface area contributed by atoms with E-state index in [1.807, 2.05) is 18.2 Å². The number of rotatable bonds is 4. The molecule has 0 amide bonds. The maximum absolute atomic E-state index is 11.4. The van der Waals surface area contributed by atoms with E-state index in [0.29, 0.717) is 18.1 Å². The molecule has 5 nitrogen and oxygen atoms in total. The van der Waals surface area contributed by atoms with Crippen LogP contribution in [0.5, 0.6) is 0 Å². The quantitative estimate of drug-likeness (QED) is 0.642. The SMILES string of the molecule is COC(=O)CC1CN(c2ccc(C(N)=S)cc2Br)CCO1. The van der Waals surface area contributed by atoms with Crippen LogP contribution in [0.3, 0.4) is 0 Å². The zero-order valence-electron chi connectivity index (χ0n) is 11.7. The molecular formula is C14H17BrN2O3S. The van der Waals surface area contributed by atoms with E-state index in [2.05, 4.69) is 25.6 Å². The molecule has 2 rings (SSSR count). The Morgan fingerprint density at radius 2 is 2.38 bits per heavy atom. The highest BCUT2D eigenvalue weighted by Gasteiger charge is 2.24. The Bertz CT molecular complexity index is 553. The van der Waals surface area contributed by atoms with Gasteiger partial charge in [0.05, 0.1) is 31.9 Å². The Hall–Kier alpha value is -1.18. The lowest BCUT2D eigenvalue weighted by molar-refractivity contribution is -0.144. The molecule has 1 aliphatic rings. The molecular weight excluding hydrogens is 356 g/mol. The molecule has 1 saturated heterocycles. The summed E-state index contributed by atoms with van der Waals surface area (Å²) >= 11 is 8.52. The molecule has 1 atom stereocenters. The average molecular weight is 373 g/mol. The van der Waals surface area contributed by atoms with Crippen molar-refractivity contribution in [3.05, 3.63) is 28.2 Å². The maximum atomic E-state index is 11.4. The van der Waals surface area contributed by atoms with Crippen molar-refractivity contribution in [2.24, 2.45) is 5.73 Å². The number of anilines is 1. The first-order valence-electron chi connectivity index (χ1n) is 6.54. The first-order valence-corrected chi connectivity index (χ1v) is 7.74. The molecule has 1 aromatic carbocycles. The van der Waals surface area contributed by atoms with Crippen molar-refractivity contribution in [2.75, 3.05) is 31.7 Å². The van der Waals surface area contributed by atoms with Gasteiger partial charge in [-0.15, -0.1) is 0 Å². The van der Waals surface area contributed by atoms with E-state index in [1.165, 1.54) is 7.11 Å². The predicted molar refractivity (Wildman–Crippen MR) is 88.6 cm³/mol. The summed E-state index contributed by atoms with van der Waals surface area (Å²) in [6.07, 6.45) is 0.101. The molecule has 114 valence electrons. The molecule has 1 aromatic rings. The van der Waals surface area contributed by atoms with Crippen LogP contribution in [-0.2, 0) is 14.3 Å². The fraction of sp³-hybridized carbons (Fsp3) is 0.429. The standard InChI is InChI=1S/C14H17BrN2O3S/c1-19-13(18)7-10-8-17(4-5-20-10)12-3-2-9(14(16)21)6-11(12)15/h2-3,6,10H,4-5,7-8H2,1H3,(H2,16,21). The normalized spacial score (nSPS) is 18.4. The Kier molecular flexibility index (Phi) is 5.55. The number of ether oxygens (including phenoxy) is 2. The molecule has 1 heterocycles. The van der Waals surface area contributed by atoms with E-state index in [0.717, 1.165) is 22.3 Å². The van der Waals surface area contributed by atoms with E-state index in [4.69, 9.17) is 22.7 Å². The number of benzene rings is 1. The second-order valence-corrected chi connectivity index (χ2v) is 6.04. The first kappa shape index (κ1) is 16.2. The van der Waals surface area contributed by atoms with Crippen LogP contribution in [0.15, 0.2) is 22.7 Å². The lowest BCUT2D eigenvalue weighted by atomic mass is 10.1. The molecule has 0 aliphatic carbocycles. The van der Waals surface area contributed by atoms with Crippen LogP contribution >= 0.6 is 28.1 Å². The molecule has 0 radical (unpaired) electrons. The Morgan fingerprint density at radius 1 is 1.62 bits per heavy atom. The van der Waals surface area contributed by atoms with E-state index >= 15 is 0 Å². The van der Waals surface area contributed by atoms with Gasteiger partial charge in [-0.1, -0.05) is 12.2 Å². The van der Waals surface area contributed by atoms with Crippen molar-refractivity contribution < 1.29 is 14.3 Å². The molecule has 0 spiro atoms. The van der Waals surface area contributed by atoms with Crippen LogP contribution in [0.2, 0.25) is 0 Å². The average Bonchev–Trinajstić information content (AvgIpc) is 2.47. The number of morpholine rings is 1. The van der Waals surface area contributed by atoms with Gasteiger partial charge in [-0.05, 0) is 34.1 Å². The van der Waals surface area contributed by atoms with Crippen molar-refractivity contribution in [3.63, 3.8) is 0 Å². The molecule has 1 aliphatic heterocycles. The van der Waals surface area contributed by atoms with Crippen molar-refractivity contribution in [2.45, 2.75) is 12.5 Å². The van der Waals surface area contributed by atoms with E-state index in [9.17, 15) is 4.79 Å². The fourth-order valence-electron chi connectivity index (χ4n) is 2.25. The van der Waals surface area contributed by atoms with Crippen LogP contribution < -0.4 is 10.6 Å². The van der Waals surface area contributed by atoms with Gasteiger partial charge in [-0.3, -0.25) is 4.79 Å². The van der Waals surface area contributed by atoms with Gasteiger partial charge >= 0.3 is 5.97 Å². The zero-order valence-corrected chi connectivity index (χ0v) is 14.1. The van der Waals surface area contributed by atoms with Crippen LogP contribution in [0.25, 0.3) is 0 Å². The molecule has 1 fully saturated rings. The smallest absolute Gasteiger partial charge is 0.308 e. The predicted octanol–water partition coefficient (Wildman–Crippen LogP) is 1.85. The number of hydrogen-bond donors (Lipinski definition) is 1. The van der Waals surface area contributed by atoms with Gasteiger partial charge in [-0.2, -0.15) is 0 Å². The second-order valence-electron chi connectivity index (χ2n) is 4.75. The van der Waals surface area contributed by atoms with Gasteiger partial charge in [0, 0.05) is 23.1 Å². The minimum Gasteiger partial charge on any atom is -0.469 e. The minimum atomic E-state index is -0.259. The Morgan fingerprint density at radius 3 is 3.00 bits per heavy atom. The van der Waals surface area contributed by atoms with Crippen molar-refractivity contribution >= 4 is 44.8 Å².